The molecule has 6 heteroatoms. The molecule has 0 radical (unpaired) electrons. The highest BCUT2D eigenvalue weighted by Crippen LogP contribution is 2.18. The third-order valence-corrected chi connectivity index (χ3v) is 5.63. The normalized spacial score (nSPS) is 13.8. The van der Waals surface area contributed by atoms with E-state index in [2.05, 4.69) is 51.6 Å². The van der Waals surface area contributed by atoms with E-state index in [0.29, 0.717) is 6.42 Å². The lowest BCUT2D eigenvalue weighted by atomic mass is 10.1. The number of benzene rings is 2. The molecule has 1 aromatic heterocycles. The van der Waals surface area contributed by atoms with Gasteiger partial charge in [-0.2, -0.15) is 0 Å². The molecule has 1 fully saturated rings. The number of anilines is 3. The Kier molecular flexibility index (Phi) is 6.77. The third-order valence-electron chi connectivity index (χ3n) is 5.63. The van der Waals surface area contributed by atoms with Gasteiger partial charge in [0, 0.05) is 38.3 Å². The standard InChI is InChI=1S/C25H29N5O/c1-20-10-12-22(13-11-20)26-23-14-15-24(28-27-23)29-16-18-30(19-17-29)25(31)9-5-8-21-6-3-2-4-7-21/h2-4,6-7,10-15H,5,8-9,16-19H2,1H3,(H,26,27). The molecule has 0 spiro atoms. The van der Waals surface area contributed by atoms with Gasteiger partial charge in [-0.15, -0.1) is 10.2 Å². The van der Waals surface area contributed by atoms with Crippen LogP contribution in [0.2, 0.25) is 0 Å². The molecule has 3 aromatic rings. The van der Waals surface area contributed by atoms with Gasteiger partial charge in [0.1, 0.15) is 0 Å². The highest BCUT2D eigenvalue weighted by Gasteiger charge is 2.21. The lowest BCUT2D eigenvalue weighted by Gasteiger charge is -2.35. The molecule has 0 aliphatic carbocycles. The van der Waals surface area contributed by atoms with E-state index in [1.165, 1.54) is 11.1 Å². The molecule has 6 nitrogen and oxygen atoms in total. The summed E-state index contributed by atoms with van der Waals surface area (Å²) in [5.74, 6) is 1.82. The van der Waals surface area contributed by atoms with E-state index in [4.69, 9.17) is 0 Å². The van der Waals surface area contributed by atoms with Gasteiger partial charge < -0.3 is 15.1 Å². The first-order valence-corrected chi connectivity index (χ1v) is 10.9. The molecule has 0 unspecified atom stereocenters. The van der Waals surface area contributed by atoms with Gasteiger partial charge in [0.2, 0.25) is 5.91 Å². The zero-order valence-electron chi connectivity index (χ0n) is 18.0. The van der Waals surface area contributed by atoms with Crippen LogP contribution in [0.25, 0.3) is 0 Å². The number of carbonyl (C=O) groups is 1. The Labute approximate surface area is 183 Å². The fourth-order valence-electron chi connectivity index (χ4n) is 3.78. The Morgan fingerprint density at radius 2 is 1.65 bits per heavy atom. The molecule has 0 atom stereocenters. The minimum Gasteiger partial charge on any atom is -0.352 e. The maximum atomic E-state index is 12.5. The Balaban J connectivity index is 1.22. The predicted molar refractivity (Wildman–Crippen MR) is 125 cm³/mol. The average Bonchev–Trinajstić information content (AvgIpc) is 2.82. The number of hydrogen-bond donors (Lipinski definition) is 1. The van der Waals surface area contributed by atoms with Gasteiger partial charge in [0.05, 0.1) is 0 Å². The van der Waals surface area contributed by atoms with Crippen molar-refractivity contribution in [2.45, 2.75) is 26.2 Å². The van der Waals surface area contributed by atoms with Crippen LogP contribution in [0.3, 0.4) is 0 Å². The summed E-state index contributed by atoms with van der Waals surface area (Å²) in [5.41, 5.74) is 3.51. The monoisotopic (exact) mass is 415 g/mol. The van der Waals surface area contributed by atoms with Crippen LogP contribution in [0.5, 0.6) is 0 Å². The molecule has 4 rings (SSSR count). The van der Waals surface area contributed by atoms with E-state index in [1.807, 2.05) is 47.4 Å². The molecule has 0 saturated carbocycles. The maximum absolute atomic E-state index is 12.5. The Morgan fingerprint density at radius 1 is 0.903 bits per heavy atom. The summed E-state index contributed by atoms with van der Waals surface area (Å²) in [5, 5.41) is 12.0. The summed E-state index contributed by atoms with van der Waals surface area (Å²) in [6.07, 6.45) is 2.45. The molecule has 160 valence electrons. The number of carbonyl (C=O) groups excluding carboxylic acids is 1. The second-order valence-corrected chi connectivity index (χ2v) is 7.97. The molecule has 1 aliphatic rings. The van der Waals surface area contributed by atoms with Crippen molar-refractivity contribution in [2.24, 2.45) is 0 Å². The number of hydrogen-bond acceptors (Lipinski definition) is 5. The molecule has 2 heterocycles. The number of amides is 1. The van der Waals surface area contributed by atoms with Gasteiger partial charge in [-0.3, -0.25) is 4.79 Å². The first kappa shape index (κ1) is 20.8. The highest BCUT2D eigenvalue weighted by atomic mass is 16.2. The number of piperazine rings is 1. The Bertz CT molecular complexity index is 965. The van der Waals surface area contributed by atoms with Crippen molar-refractivity contribution in [1.82, 2.24) is 15.1 Å². The predicted octanol–water partition coefficient (Wildman–Crippen LogP) is 4.20. The Morgan fingerprint density at radius 3 is 2.32 bits per heavy atom. The smallest absolute Gasteiger partial charge is 0.222 e. The van der Waals surface area contributed by atoms with Crippen molar-refractivity contribution >= 4 is 23.2 Å². The SMILES string of the molecule is Cc1ccc(Nc2ccc(N3CCN(C(=O)CCCc4ccccc4)CC3)nn2)cc1. The van der Waals surface area contributed by atoms with Crippen LogP contribution < -0.4 is 10.2 Å². The lowest BCUT2D eigenvalue weighted by Crippen LogP contribution is -2.49. The van der Waals surface area contributed by atoms with E-state index in [0.717, 1.165) is 56.3 Å². The second-order valence-electron chi connectivity index (χ2n) is 7.97. The molecule has 1 saturated heterocycles. The van der Waals surface area contributed by atoms with Gasteiger partial charge >= 0.3 is 0 Å². The number of nitrogens with one attached hydrogen (secondary N) is 1. The van der Waals surface area contributed by atoms with Crippen molar-refractivity contribution in [2.75, 3.05) is 36.4 Å². The van der Waals surface area contributed by atoms with Crippen LogP contribution in [-0.4, -0.2) is 47.2 Å². The number of aromatic nitrogens is 2. The van der Waals surface area contributed by atoms with Crippen molar-refractivity contribution in [3.63, 3.8) is 0 Å². The fraction of sp³-hybridized carbons (Fsp3) is 0.320. The van der Waals surface area contributed by atoms with Crippen molar-refractivity contribution < 1.29 is 4.79 Å². The van der Waals surface area contributed by atoms with Gasteiger partial charge in [0.15, 0.2) is 11.6 Å². The fourth-order valence-corrected chi connectivity index (χ4v) is 3.78. The second kappa shape index (κ2) is 10.1. The minimum absolute atomic E-state index is 0.249. The van der Waals surface area contributed by atoms with E-state index >= 15 is 0 Å². The van der Waals surface area contributed by atoms with Crippen LogP contribution in [0, 0.1) is 6.92 Å². The summed E-state index contributed by atoms with van der Waals surface area (Å²) in [6.45, 7) is 5.09. The Hall–Kier alpha value is -3.41. The summed E-state index contributed by atoms with van der Waals surface area (Å²) in [7, 11) is 0. The van der Waals surface area contributed by atoms with Crippen molar-refractivity contribution in [1.29, 1.82) is 0 Å². The number of rotatable bonds is 7. The topological polar surface area (TPSA) is 61.4 Å². The van der Waals surface area contributed by atoms with Crippen LogP contribution in [-0.2, 0) is 11.2 Å². The van der Waals surface area contributed by atoms with E-state index in [9.17, 15) is 4.79 Å². The van der Waals surface area contributed by atoms with Gasteiger partial charge in [-0.05, 0) is 49.6 Å². The van der Waals surface area contributed by atoms with E-state index < -0.39 is 0 Å². The lowest BCUT2D eigenvalue weighted by molar-refractivity contribution is -0.131. The van der Waals surface area contributed by atoms with Crippen LogP contribution >= 0.6 is 0 Å². The maximum Gasteiger partial charge on any atom is 0.222 e. The largest absolute Gasteiger partial charge is 0.352 e. The molecular weight excluding hydrogens is 386 g/mol. The van der Waals surface area contributed by atoms with Crippen molar-refractivity contribution in [3.8, 4) is 0 Å². The molecule has 31 heavy (non-hydrogen) atoms. The summed E-state index contributed by atoms with van der Waals surface area (Å²) in [4.78, 5) is 16.7. The average molecular weight is 416 g/mol. The van der Waals surface area contributed by atoms with E-state index in [1.54, 1.807) is 0 Å². The summed E-state index contributed by atoms with van der Waals surface area (Å²) in [6, 6.07) is 22.5. The first-order valence-electron chi connectivity index (χ1n) is 10.9. The van der Waals surface area contributed by atoms with Crippen LogP contribution in [0.15, 0.2) is 66.7 Å². The molecule has 1 aliphatic heterocycles. The van der Waals surface area contributed by atoms with Crippen LogP contribution in [0.1, 0.15) is 24.0 Å². The molecule has 0 bridgehead atoms. The van der Waals surface area contributed by atoms with Gasteiger partial charge in [-0.1, -0.05) is 48.0 Å². The quantitative estimate of drug-likeness (QED) is 0.627. The molecule has 2 aromatic carbocycles. The summed E-state index contributed by atoms with van der Waals surface area (Å²) >= 11 is 0. The summed E-state index contributed by atoms with van der Waals surface area (Å²) < 4.78 is 0. The van der Waals surface area contributed by atoms with Crippen LogP contribution in [0.4, 0.5) is 17.3 Å². The van der Waals surface area contributed by atoms with Crippen molar-refractivity contribution in [3.05, 3.63) is 77.9 Å². The number of aryl methyl sites for hydroxylation is 2. The first-order chi connectivity index (χ1) is 15.2. The molecule has 1 amide bonds. The minimum atomic E-state index is 0.249. The zero-order chi connectivity index (χ0) is 21.5. The molecular formula is C25H29N5O. The third kappa shape index (κ3) is 5.81. The van der Waals surface area contributed by atoms with Gasteiger partial charge in [0.25, 0.3) is 0 Å². The molecule has 1 N–H and O–H groups in total. The number of nitrogens with zero attached hydrogens (tertiary/aromatic N) is 4. The van der Waals surface area contributed by atoms with E-state index in [-0.39, 0.29) is 5.91 Å². The zero-order valence-corrected chi connectivity index (χ0v) is 18.0. The highest BCUT2D eigenvalue weighted by molar-refractivity contribution is 5.76. The van der Waals surface area contributed by atoms with Gasteiger partial charge in [-0.25, -0.2) is 0 Å².